The van der Waals surface area contributed by atoms with Crippen molar-refractivity contribution in [2.75, 3.05) is 6.54 Å². The molecule has 1 aliphatic carbocycles. The first-order valence-electron chi connectivity index (χ1n) is 9.32. The van der Waals surface area contributed by atoms with Crippen LogP contribution in [0.5, 0.6) is 5.75 Å². The fraction of sp³-hybridized carbons (Fsp3) is 0.333. The molecule has 0 bridgehead atoms. The van der Waals surface area contributed by atoms with E-state index in [4.69, 9.17) is 4.43 Å². The minimum Gasteiger partial charge on any atom is -0.544 e. The molecule has 1 heterocycles. The first kappa shape index (κ1) is 19.9. The molecule has 7 heteroatoms. The number of rotatable bonds is 6. The van der Waals surface area contributed by atoms with E-state index in [1.54, 1.807) is 13.8 Å². The van der Waals surface area contributed by atoms with Gasteiger partial charge in [0.1, 0.15) is 17.1 Å². The van der Waals surface area contributed by atoms with Crippen LogP contribution in [0, 0.1) is 13.8 Å². The van der Waals surface area contributed by atoms with Gasteiger partial charge in [0.15, 0.2) is 0 Å². The van der Waals surface area contributed by atoms with Gasteiger partial charge in [-0.15, -0.1) is 0 Å². The van der Waals surface area contributed by atoms with Crippen LogP contribution in [-0.2, 0) is 6.42 Å². The van der Waals surface area contributed by atoms with Crippen LogP contribution in [0.3, 0.4) is 0 Å². The fourth-order valence-electron chi connectivity index (χ4n) is 2.88. The lowest BCUT2D eigenvalue weighted by molar-refractivity contribution is 0.0970. The summed E-state index contributed by atoms with van der Waals surface area (Å²) in [6.07, 6.45) is 2.04. The van der Waals surface area contributed by atoms with Gasteiger partial charge in [0.05, 0.1) is 17.1 Å². The Morgan fingerprint density at radius 2 is 1.57 bits per heavy atom. The number of aryl methyl sites for hydroxylation is 2. The summed E-state index contributed by atoms with van der Waals surface area (Å²) in [5.74, 6) is 0.303. The summed E-state index contributed by atoms with van der Waals surface area (Å²) in [7, 11) is -1.61. The number of fused-ring (bicyclic) bond motifs is 1. The number of ketones is 2. The molecule has 1 N–H and O–H groups in total. The molecule has 0 amide bonds. The van der Waals surface area contributed by atoms with E-state index in [2.05, 4.69) is 34.9 Å². The molecule has 0 saturated carbocycles. The van der Waals surface area contributed by atoms with E-state index in [9.17, 15) is 9.59 Å². The van der Waals surface area contributed by atoms with Gasteiger partial charge in [-0.25, -0.2) is 9.97 Å². The number of hydrogen-bond donors (Lipinski definition) is 1. The van der Waals surface area contributed by atoms with E-state index in [0.717, 1.165) is 17.7 Å². The molecule has 1 aliphatic rings. The van der Waals surface area contributed by atoms with Crippen LogP contribution in [-0.4, -0.2) is 36.4 Å². The maximum absolute atomic E-state index is 12.6. The third-order valence-electron chi connectivity index (χ3n) is 4.35. The molecule has 3 rings (SSSR count). The van der Waals surface area contributed by atoms with Crippen molar-refractivity contribution in [1.29, 1.82) is 0 Å². The second-order valence-electron chi connectivity index (χ2n) is 7.88. The highest BCUT2D eigenvalue weighted by atomic mass is 28.4. The molecule has 0 fully saturated rings. The molecule has 2 aromatic rings. The third-order valence-corrected chi connectivity index (χ3v) is 5.20. The number of allylic oxidation sites excluding steroid dienone is 2. The number of carbonyl (C=O) groups is 2. The second kappa shape index (κ2) is 7.67. The van der Waals surface area contributed by atoms with Crippen LogP contribution in [0.1, 0.15) is 37.9 Å². The standard InChI is InChI=1S/C21H25N3O3Si/c1-13-14(2)24-20-19(23-13)18(25)12-17(21(20)26)22-11-10-15-6-8-16(9-7-15)27-28(3,4)5/h6-9,12,22H,10-11H2,1-5H3. The first-order valence-corrected chi connectivity index (χ1v) is 12.7. The normalized spacial score (nSPS) is 13.8. The van der Waals surface area contributed by atoms with E-state index in [0.29, 0.717) is 17.9 Å². The van der Waals surface area contributed by atoms with Gasteiger partial charge in [-0.2, -0.15) is 0 Å². The highest BCUT2D eigenvalue weighted by molar-refractivity contribution is 6.70. The molecular weight excluding hydrogens is 370 g/mol. The van der Waals surface area contributed by atoms with Crippen molar-refractivity contribution in [3.05, 3.63) is 64.4 Å². The maximum atomic E-state index is 12.6. The van der Waals surface area contributed by atoms with Gasteiger partial charge in [0, 0.05) is 12.6 Å². The van der Waals surface area contributed by atoms with Gasteiger partial charge in [0.2, 0.25) is 19.9 Å². The molecule has 6 nitrogen and oxygen atoms in total. The van der Waals surface area contributed by atoms with Crippen molar-refractivity contribution in [3.8, 4) is 5.75 Å². The predicted octanol–water partition coefficient (Wildman–Crippen LogP) is 3.40. The van der Waals surface area contributed by atoms with Gasteiger partial charge in [-0.05, 0) is 57.6 Å². The maximum Gasteiger partial charge on any atom is 0.242 e. The molecule has 0 unspecified atom stereocenters. The Morgan fingerprint density at radius 3 is 2.18 bits per heavy atom. The number of nitrogens with zero attached hydrogens (tertiary/aromatic N) is 2. The minimum atomic E-state index is -1.61. The van der Waals surface area contributed by atoms with Crippen LogP contribution in [0.2, 0.25) is 19.6 Å². The zero-order valence-electron chi connectivity index (χ0n) is 16.9. The van der Waals surface area contributed by atoms with Gasteiger partial charge in [-0.1, -0.05) is 12.1 Å². The number of Topliss-reactive ketones (excluding diaryl/α,β-unsaturated/α-hetero) is 1. The molecule has 146 valence electrons. The first-order chi connectivity index (χ1) is 13.1. The Labute approximate surface area is 166 Å². The van der Waals surface area contributed by atoms with Crippen LogP contribution in [0.15, 0.2) is 36.0 Å². The molecule has 0 atom stereocenters. The van der Waals surface area contributed by atoms with E-state index < -0.39 is 8.32 Å². The smallest absolute Gasteiger partial charge is 0.242 e. The zero-order valence-corrected chi connectivity index (χ0v) is 17.9. The molecule has 1 aromatic heterocycles. The van der Waals surface area contributed by atoms with Crippen LogP contribution in [0.4, 0.5) is 0 Å². The van der Waals surface area contributed by atoms with Crippen LogP contribution >= 0.6 is 0 Å². The van der Waals surface area contributed by atoms with Crippen molar-refractivity contribution in [2.45, 2.75) is 39.9 Å². The summed E-state index contributed by atoms with van der Waals surface area (Å²) in [6.45, 7) is 10.5. The van der Waals surface area contributed by atoms with Crippen LogP contribution in [0.25, 0.3) is 0 Å². The lowest BCUT2D eigenvalue weighted by atomic mass is 10.0. The quantitative estimate of drug-likeness (QED) is 0.755. The predicted molar refractivity (Wildman–Crippen MR) is 110 cm³/mol. The Hall–Kier alpha value is -2.80. The molecule has 0 radical (unpaired) electrons. The van der Waals surface area contributed by atoms with Crippen LogP contribution < -0.4 is 9.74 Å². The van der Waals surface area contributed by atoms with E-state index in [-0.39, 0.29) is 28.7 Å². The number of carbonyl (C=O) groups excluding carboxylic acids is 2. The molecular formula is C21H25N3O3Si. The number of benzene rings is 1. The molecule has 0 aliphatic heterocycles. The minimum absolute atomic E-state index is 0.131. The molecule has 0 saturated heterocycles. The van der Waals surface area contributed by atoms with E-state index in [1.165, 1.54) is 6.08 Å². The summed E-state index contributed by atoms with van der Waals surface area (Å²) in [5.41, 5.74) is 2.97. The van der Waals surface area contributed by atoms with Crippen molar-refractivity contribution in [1.82, 2.24) is 15.3 Å². The molecule has 1 aromatic carbocycles. The van der Waals surface area contributed by atoms with E-state index in [1.807, 2.05) is 24.3 Å². The van der Waals surface area contributed by atoms with Gasteiger partial charge >= 0.3 is 0 Å². The summed E-state index contributed by atoms with van der Waals surface area (Å²) in [4.78, 5) is 33.5. The second-order valence-corrected chi connectivity index (χ2v) is 12.3. The third kappa shape index (κ3) is 4.54. The summed E-state index contributed by atoms with van der Waals surface area (Å²) < 4.78 is 5.95. The average molecular weight is 396 g/mol. The average Bonchev–Trinajstić information content (AvgIpc) is 2.61. The number of aromatic nitrogens is 2. The monoisotopic (exact) mass is 395 g/mol. The van der Waals surface area contributed by atoms with Crippen molar-refractivity contribution >= 4 is 19.9 Å². The SMILES string of the molecule is Cc1nc2c(nc1C)C(=O)C(NCCc1ccc(O[Si](C)(C)C)cc1)=CC2=O. The van der Waals surface area contributed by atoms with Crippen molar-refractivity contribution in [2.24, 2.45) is 0 Å². The van der Waals surface area contributed by atoms with E-state index >= 15 is 0 Å². The Bertz CT molecular complexity index is 960. The molecule has 28 heavy (non-hydrogen) atoms. The lowest BCUT2D eigenvalue weighted by Gasteiger charge is -2.19. The Kier molecular flexibility index (Phi) is 5.46. The molecule has 0 spiro atoms. The van der Waals surface area contributed by atoms with Crippen molar-refractivity contribution < 1.29 is 14.0 Å². The highest BCUT2D eigenvalue weighted by Gasteiger charge is 2.29. The Balaban J connectivity index is 1.63. The number of nitrogens with one attached hydrogen (secondary N) is 1. The summed E-state index contributed by atoms with van der Waals surface area (Å²) >= 11 is 0. The topological polar surface area (TPSA) is 81.2 Å². The van der Waals surface area contributed by atoms with Gasteiger partial charge < -0.3 is 9.74 Å². The van der Waals surface area contributed by atoms with Gasteiger partial charge in [-0.3, -0.25) is 9.59 Å². The van der Waals surface area contributed by atoms with Crippen molar-refractivity contribution in [3.63, 3.8) is 0 Å². The summed E-state index contributed by atoms with van der Waals surface area (Å²) in [6, 6.07) is 7.98. The highest BCUT2D eigenvalue weighted by Crippen LogP contribution is 2.19. The lowest BCUT2D eigenvalue weighted by Crippen LogP contribution is -2.30. The fourth-order valence-corrected chi connectivity index (χ4v) is 3.72. The summed E-state index contributed by atoms with van der Waals surface area (Å²) in [5, 5.41) is 3.08. The number of hydrogen-bond acceptors (Lipinski definition) is 6. The van der Waals surface area contributed by atoms with Gasteiger partial charge in [0.25, 0.3) is 0 Å². The largest absolute Gasteiger partial charge is 0.544 e. The Morgan fingerprint density at radius 1 is 0.964 bits per heavy atom. The zero-order chi connectivity index (χ0) is 20.5.